The molecule has 0 saturated carbocycles. The lowest BCUT2D eigenvalue weighted by atomic mass is 10.2. The van der Waals surface area contributed by atoms with Crippen molar-refractivity contribution in [2.45, 2.75) is 9.79 Å². The molecule has 0 aliphatic rings. The Kier molecular flexibility index (Phi) is 5.82. The number of nitrogens with zero attached hydrogens (tertiary/aromatic N) is 1. The third kappa shape index (κ3) is 4.24. The van der Waals surface area contributed by atoms with Gasteiger partial charge in [-0.1, -0.05) is 0 Å². The van der Waals surface area contributed by atoms with Gasteiger partial charge in [-0.3, -0.25) is 4.79 Å². The monoisotopic (exact) mass is 394 g/mol. The summed E-state index contributed by atoms with van der Waals surface area (Å²) in [5, 5.41) is 12.1. The fourth-order valence-electron chi connectivity index (χ4n) is 2.49. The predicted octanol–water partition coefficient (Wildman–Crippen LogP) is 4.12. The minimum Gasteiger partial charge on any atom is -0.497 e. The molecule has 0 aromatic heterocycles. The summed E-state index contributed by atoms with van der Waals surface area (Å²) in [6.07, 6.45) is 0. The molecule has 0 spiro atoms. The lowest BCUT2D eigenvalue weighted by Crippen LogP contribution is -2.12. The first-order valence-electron chi connectivity index (χ1n) is 8.18. The van der Waals surface area contributed by atoms with Crippen molar-refractivity contribution in [1.29, 1.82) is 5.26 Å². The van der Waals surface area contributed by atoms with E-state index in [9.17, 15) is 18.7 Å². The standard InChI is InChI=1S/C21H15FN2O3S/c1-27-18-7-9-19(10-8-18)28(26)20-11-6-17(12-15(20)13-23)24-21(25)14-2-4-16(22)5-3-14/h2-12H,1H3,(H,24,25)/t28-/m1/s1. The SMILES string of the molecule is COc1ccc([S@@](=O)c2ccc(NC(=O)c3ccc(F)cc3)cc2C#N)cc1. The molecule has 1 atom stereocenters. The largest absolute Gasteiger partial charge is 0.497 e. The Morgan fingerprint density at radius 2 is 1.75 bits per heavy atom. The van der Waals surface area contributed by atoms with Crippen molar-refractivity contribution >= 4 is 22.4 Å². The Labute approximate surface area is 163 Å². The summed E-state index contributed by atoms with van der Waals surface area (Å²) < 4.78 is 30.9. The van der Waals surface area contributed by atoms with Crippen LogP contribution in [0.4, 0.5) is 10.1 Å². The molecule has 5 nitrogen and oxygen atoms in total. The highest BCUT2D eigenvalue weighted by molar-refractivity contribution is 7.85. The van der Waals surface area contributed by atoms with Crippen LogP contribution in [0, 0.1) is 17.1 Å². The van der Waals surface area contributed by atoms with Crippen LogP contribution >= 0.6 is 0 Å². The molecule has 0 bridgehead atoms. The molecule has 0 radical (unpaired) electrons. The average Bonchev–Trinajstić information content (AvgIpc) is 2.73. The van der Waals surface area contributed by atoms with Gasteiger partial charge in [0.25, 0.3) is 5.91 Å². The Hall–Kier alpha value is -3.50. The number of ether oxygens (including phenoxy) is 1. The number of halogens is 1. The van der Waals surface area contributed by atoms with Crippen molar-refractivity contribution in [3.05, 3.63) is 83.7 Å². The average molecular weight is 394 g/mol. The molecule has 3 aromatic rings. The van der Waals surface area contributed by atoms with Gasteiger partial charge in [0.1, 0.15) is 17.6 Å². The van der Waals surface area contributed by atoms with E-state index in [-0.39, 0.29) is 11.1 Å². The molecule has 7 heteroatoms. The Morgan fingerprint density at radius 3 is 2.36 bits per heavy atom. The maximum atomic E-state index is 13.0. The molecule has 0 saturated heterocycles. The molecular formula is C21H15FN2O3S. The van der Waals surface area contributed by atoms with Gasteiger partial charge in [0.15, 0.2) is 0 Å². The third-order valence-electron chi connectivity index (χ3n) is 3.94. The molecule has 0 fully saturated rings. The number of hydrogen-bond acceptors (Lipinski definition) is 4. The molecule has 0 aliphatic heterocycles. The second-order valence-corrected chi connectivity index (χ2v) is 7.18. The molecule has 1 N–H and O–H groups in total. The lowest BCUT2D eigenvalue weighted by molar-refractivity contribution is 0.102. The van der Waals surface area contributed by atoms with Crippen LogP contribution < -0.4 is 10.1 Å². The van der Waals surface area contributed by atoms with Crippen LogP contribution in [0.2, 0.25) is 0 Å². The number of methoxy groups -OCH3 is 1. The normalized spacial score (nSPS) is 11.3. The van der Waals surface area contributed by atoms with Gasteiger partial charge >= 0.3 is 0 Å². The van der Waals surface area contributed by atoms with Gasteiger partial charge in [0.05, 0.1) is 28.4 Å². The highest BCUT2D eigenvalue weighted by atomic mass is 32.2. The Bertz CT molecular complexity index is 1070. The van der Waals surface area contributed by atoms with Crippen molar-refractivity contribution in [1.82, 2.24) is 0 Å². The number of rotatable bonds is 5. The summed E-state index contributed by atoms with van der Waals surface area (Å²) in [5.74, 6) is -0.235. The fourth-order valence-corrected chi connectivity index (χ4v) is 3.62. The zero-order valence-electron chi connectivity index (χ0n) is 14.8. The van der Waals surface area contributed by atoms with Gasteiger partial charge in [0, 0.05) is 16.1 Å². The molecule has 28 heavy (non-hydrogen) atoms. The van der Waals surface area contributed by atoms with Gasteiger partial charge in [-0.05, 0) is 66.7 Å². The van der Waals surface area contributed by atoms with Crippen molar-refractivity contribution < 1.29 is 18.1 Å². The van der Waals surface area contributed by atoms with E-state index in [0.717, 1.165) is 0 Å². The number of carbonyl (C=O) groups excluding carboxylic acids is 1. The lowest BCUT2D eigenvalue weighted by Gasteiger charge is -2.09. The van der Waals surface area contributed by atoms with Crippen LogP contribution in [-0.4, -0.2) is 17.2 Å². The molecule has 0 heterocycles. The van der Waals surface area contributed by atoms with E-state index in [1.807, 2.05) is 6.07 Å². The zero-order valence-corrected chi connectivity index (χ0v) is 15.6. The summed E-state index contributed by atoms with van der Waals surface area (Å²) in [5.41, 5.74) is 0.846. The van der Waals surface area contributed by atoms with E-state index < -0.39 is 22.5 Å². The highest BCUT2D eigenvalue weighted by Gasteiger charge is 2.14. The number of nitriles is 1. The van der Waals surface area contributed by atoms with Gasteiger partial charge in [-0.15, -0.1) is 0 Å². The highest BCUT2D eigenvalue weighted by Crippen LogP contribution is 2.24. The van der Waals surface area contributed by atoms with Crippen LogP contribution in [0.15, 0.2) is 76.5 Å². The summed E-state index contributed by atoms with van der Waals surface area (Å²) in [7, 11) is -0.0201. The van der Waals surface area contributed by atoms with Gasteiger partial charge in [-0.2, -0.15) is 5.26 Å². The van der Waals surface area contributed by atoms with Crippen molar-refractivity contribution in [2.75, 3.05) is 12.4 Å². The van der Waals surface area contributed by atoms with E-state index in [4.69, 9.17) is 4.74 Å². The molecule has 140 valence electrons. The predicted molar refractivity (Wildman–Crippen MR) is 103 cm³/mol. The maximum Gasteiger partial charge on any atom is 0.255 e. The van der Waals surface area contributed by atoms with E-state index in [1.165, 1.54) is 30.3 Å². The fraction of sp³-hybridized carbons (Fsp3) is 0.0476. The molecule has 3 rings (SSSR count). The summed E-state index contributed by atoms with van der Waals surface area (Å²) >= 11 is 0. The number of hydrogen-bond donors (Lipinski definition) is 1. The van der Waals surface area contributed by atoms with Crippen LogP contribution in [0.25, 0.3) is 0 Å². The van der Waals surface area contributed by atoms with Crippen LogP contribution in [0.5, 0.6) is 5.75 Å². The topological polar surface area (TPSA) is 79.2 Å². The van der Waals surface area contributed by atoms with Gasteiger partial charge in [-0.25, -0.2) is 8.60 Å². The number of carbonyl (C=O) groups is 1. The first-order chi connectivity index (χ1) is 13.5. The summed E-state index contributed by atoms with van der Waals surface area (Å²) in [6, 6.07) is 18.4. The van der Waals surface area contributed by atoms with Crippen molar-refractivity contribution in [3.8, 4) is 11.8 Å². The van der Waals surface area contributed by atoms with Crippen LogP contribution in [0.3, 0.4) is 0 Å². The van der Waals surface area contributed by atoms with Crippen molar-refractivity contribution in [3.63, 3.8) is 0 Å². The Morgan fingerprint density at radius 1 is 1.07 bits per heavy atom. The van der Waals surface area contributed by atoms with Gasteiger partial charge in [0.2, 0.25) is 0 Å². The number of amides is 1. The number of anilines is 1. The molecule has 0 unspecified atom stereocenters. The van der Waals surface area contributed by atoms with Crippen LogP contribution in [-0.2, 0) is 10.8 Å². The quantitative estimate of drug-likeness (QED) is 0.706. The third-order valence-corrected chi connectivity index (χ3v) is 5.39. The van der Waals surface area contributed by atoms with Crippen molar-refractivity contribution in [2.24, 2.45) is 0 Å². The Balaban J connectivity index is 1.83. The van der Waals surface area contributed by atoms with E-state index in [1.54, 1.807) is 43.5 Å². The minimum atomic E-state index is -1.56. The second kappa shape index (κ2) is 8.46. The summed E-state index contributed by atoms with van der Waals surface area (Å²) in [4.78, 5) is 13.1. The van der Waals surface area contributed by atoms with E-state index in [0.29, 0.717) is 21.2 Å². The van der Waals surface area contributed by atoms with Gasteiger partial charge < -0.3 is 10.1 Å². The first kappa shape index (κ1) is 19.3. The maximum absolute atomic E-state index is 13.0. The van der Waals surface area contributed by atoms with Crippen LogP contribution in [0.1, 0.15) is 15.9 Å². The number of nitrogens with one attached hydrogen (secondary N) is 1. The smallest absolute Gasteiger partial charge is 0.255 e. The molecule has 1 amide bonds. The first-order valence-corrected chi connectivity index (χ1v) is 9.33. The molecule has 0 aliphatic carbocycles. The van der Waals surface area contributed by atoms with E-state index >= 15 is 0 Å². The number of benzene rings is 3. The molecule has 3 aromatic carbocycles. The zero-order chi connectivity index (χ0) is 20.1. The molecular weight excluding hydrogens is 379 g/mol. The second-order valence-electron chi connectivity index (χ2n) is 5.73. The van der Waals surface area contributed by atoms with E-state index in [2.05, 4.69) is 5.32 Å². The minimum absolute atomic E-state index is 0.186. The summed E-state index contributed by atoms with van der Waals surface area (Å²) in [6.45, 7) is 0.